The standard InChI is InChI=1S/C41H61OP.C33H43IO.C2H6/c1-16-17-18-30-20-22-31(23-21-30)37-32(26(2)3)25-33(27(4)5)38(35(37)28(6)7)36-29(8)19-24-34(42-15)39(36)43(40(9,10)11)41(12,13)14;1-10-11-12-24-14-16-25(17-15-24)31-26(20(2)3)19-27(21(4)5)32(29(31)22(6)7)30-23(8)13-18-28(35-9)33(30)34;1-2/h19-28H,16-18H2,1-15H3;13-22H,10-12H2,1-9H3;1-2H3. The molecule has 438 valence electrons. The number of halogens is 1. The summed E-state index contributed by atoms with van der Waals surface area (Å²) in [5.41, 5.74) is 25.5. The Morgan fingerprint density at radius 1 is 0.425 bits per heavy atom. The summed E-state index contributed by atoms with van der Waals surface area (Å²) < 4.78 is 13.3. The van der Waals surface area contributed by atoms with Crippen LogP contribution in [0.25, 0.3) is 44.5 Å². The number of hydrogen-bond donors (Lipinski definition) is 0. The molecule has 2 nitrogen and oxygen atoms in total. The Morgan fingerprint density at radius 2 is 0.750 bits per heavy atom. The van der Waals surface area contributed by atoms with E-state index in [0.717, 1.165) is 24.3 Å². The first-order chi connectivity index (χ1) is 37.6. The predicted molar refractivity (Wildman–Crippen MR) is 369 cm³/mol. The third kappa shape index (κ3) is 15.8. The zero-order valence-electron chi connectivity index (χ0n) is 55.4. The molecule has 0 radical (unpaired) electrons. The van der Waals surface area contributed by atoms with Crippen LogP contribution in [0.5, 0.6) is 11.5 Å². The molecule has 0 atom stereocenters. The lowest BCUT2D eigenvalue weighted by Crippen LogP contribution is -2.33. The van der Waals surface area contributed by atoms with Crippen molar-refractivity contribution >= 4 is 35.8 Å². The van der Waals surface area contributed by atoms with Gasteiger partial charge < -0.3 is 9.47 Å². The molecule has 0 aliphatic rings. The number of rotatable bonds is 19. The Bertz CT molecular complexity index is 2920. The summed E-state index contributed by atoms with van der Waals surface area (Å²) in [6.07, 6.45) is 7.25. The second-order valence-corrected chi connectivity index (χ2v) is 31.1. The number of ether oxygens (including phenoxy) is 2. The number of aryl methyl sites for hydroxylation is 4. The van der Waals surface area contributed by atoms with Gasteiger partial charge in [0.2, 0.25) is 0 Å². The molecular weight excluding hydrogens is 1100 g/mol. The number of methoxy groups -OCH3 is 2. The van der Waals surface area contributed by atoms with E-state index in [0.29, 0.717) is 35.5 Å². The average molecular weight is 1210 g/mol. The molecule has 0 spiro atoms. The summed E-state index contributed by atoms with van der Waals surface area (Å²) >= 11 is 2.49. The summed E-state index contributed by atoms with van der Waals surface area (Å²) in [7, 11) is 3.02. The van der Waals surface area contributed by atoms with Crippen molar-refractivity contribution in [3.8, 4) is 56.0 Å². The maximum Gasteiger partial charge on any atom is 0.132 e. The third-order valence-corrected chi connectivity index (χ3v) is 20.4. The van der Waals surface area contributed by atoms with E-state index in [-0.39, 0.29) is 10.3 Å². The van der Waals surface area contributed by atoms with Crippen LogP contribution >= 0.6 is 30.5 Å². The second kappa shape index (κ2) is 30.1. The Labute approximate surface area is 506 Å². The lowest BCUT2D eigenvalue weighted by molar-refractivity contribution is 0.412. The van der Waals surface area contributed by atoms with Crippen molar-refractivity contribution in [2.75, 3.05) is 14.2 Å². The van der Waals surface area contributed by atoms with Crippen molar-refractivity contribution in [2.45, 2.75) is 251 Å². The molecule has 80 heavy (non-hydrogen) atoms. The van der Waals surface area contributed by atoms with Crippen LogP contribution in [-0.2, 0) is 12.8 Å². The maximum absolute atomic E-state index is 6.27. The molecule has 0 aliphatic heterocycles. The largest absolute Gasteiger partial charge is 0.496 e. The van der Waals surface area contributed by atoms with Crippen LogP contribution in [0.2, 0.25) is 0 Å². The van der Waals surface area contributed by atoms with Crippen molar-refractivity contribution < 1.29 is 9.47 Å². The van der Waals surface area contributed by atoms with Gasteiger partial charge in [0.05, 0.1) is 17.8 Å². The lowest BCUT2D eigenvalue weighted by atomic mass is 9.75. The normalized spacial score (nSPS) is 12.0. The second-order valence-electron chi connectivity index (χ2n) is 26.2. The molecule has 0 unspecified atom stereocenters. The highest BCUT2D eigenvalue weighted by Gasteiger charge is 2.41. The first kappa shape index (κ1) is 68.6. The SMILES string of the molecule is CC.CCCCc1ccc(-c2c(C(C)C)cc(C(C)C)c(-c3c(C)ccc(OC)c3I)c2C(C)C)cc1.CCCCc1ccc(-c2c(C(C)C)cc(C(C)C)c(-c3c(C)ccc(OC)c3P(C(C)(C)C)C(C)(C)C)c2C(C)C)cc1. The Hall–Kier alpha value is -3.92. The molecule has 0 heterocycles. The fourth-order valence-electron chi connectivity index (χ4n) is 12.3. The van der Waals surface area contributed by atoms with Crippen LogP contribution < -0.4 is 14.8 Å². The number of benzene rings is 6. The van der Waals surface area contributed by atoms with Crippen LogP contribution in [0, 0.1) is 17.4 Å². The lowest BCUT2D eigenvalue weighted by Gasteiger charge is -2.44. The third-order valence-electron chi connectivity index (χ3n) is 15.8. The van der Waals surface area contributed by atoms with Crippen molar-refractivity contribution in [2.24, 2.45) is 0 Å². The van der Waals surface area contributed by atoms with Crippen molar-refractivity contribution in [3.63, 3.8) is 0 Å². The van der Waals surface area contributed by atoms with Crippen molar-refractivity contribution in [3.05, 3.63) is 144 Å². The minimum atomic E-state index is -0.608. The summed E-state index contributed by atoms with van der Waals surface area (Å²) in [5.74, 6) is 4.41. The Morgan fingerprint density at radius 3 is 1.06 bits per heavy atom. The van der Waals surface area contributed by atoms with Gasteiger partial charge >= 0.3 is 0 Å². The molecule has 6 aromatic carbocycles. The highest BCUT2D eigenvalue weighted by Crippen LogP contribution is 2.62. The van der Waals surface area contributed by atoms with E-state index in [1.54, 1.807) is 7.11 Å². The van der Waals surface area contributed by atoms with Gasteiger partial charge in [0.1, 0.15) is 11.5 Å². The topological polar surface area (TPSA) is 18.5 Å². The fraction of sp³-hybridized carbons (Fsp3) is 0.526. The summed E-state index contributed by atoms with van der Waals surface area (Å²) in [6, 6.07) is 32.8. The zero-order chi connectivity index (χ0) is 60.3. The molecule has 0 saturated carbocycles. The molecule has 0 bridgehead atoms. The molecule has 6 rings (SSSR count). The van der Waals surface area contributed by atoms with Gasteiger partial charge in [-0.15, -0.1) is 0 Å². The fourth-order valence-corrected chi connectivity index (χ4v) is 17.6. The van der Waals surface area contributed by atoms with E-state index in [2.05, 4.69) is 260 Å². The van der Waals surface area contributed by atoms with E-state index in [1.807, 2.05) is 21.0 Å². The molecule has 0 aliphatic carbocycles. The molecular formula is C76H110IO2P. The van der Waals surface area contributed by atoms with Gasteiger partial charge in [-0.05, 0) is 215 Å². The first-order valence-corrected chi connectivity index (χ1v) is 33.4. The van der Waals surface area contributed by atoms with Crippen molar-refractivity contribution in [1.82, 2.24) is 0 Å². The summed E-state index contributed by atoms with van der Waals surface area (Å²) in [6.45, 7) is 56.0. The van der Waals surface area contributed by atoms with Gasteiger partial charge in [0.15, 0.2) is 0 Å². The van der Waals surface area contributed by atoms with Crippen LogP contribution in [0.1, 0.15) is 269 Å². The zero-order valence-corrected chi connectivity index (χ0v) is 58.5. The molecule has 0 aromatic heterocycles. The Balaban J connectivity index is 0.000000341. The molecule has 0 amide bonds. The van der Waals surface area contributed by atoms with Gasteiger partial charge in [-0.1, -0.05) is 246 Å². The summed E-state index contributed by atoms with van der Waals surface area (Å²) in [4.78, 5) is 0. The van der Waals surface area contributed by atoms with E-state index in [9.17, 15) is 0 Å². The van der Waals surface area contributed by atoms with Gasteiger partial charge in [-0.3, -0.25) is 0 Å². The number of unbranched alkanes of at least 4 members (excludes halogenated alkanes) is 2. The highest BCUT2D eigenvalue weighted by atomic mass is 127. The highest BCUT2D eigenvalue weighted by molar-refractivity contribution is 14.1. The van der Waals surface area contributed by atoms with Gasteiger partial charge in [0, 0.05) is 10.9 Å². The summed E-state index contributed by atoms with van der Waals surface area (Å²) in [5, 5.41) is 1.64. The van der Waals surface area contributed by atoms with Crippen LogP contribution in [0.15, 0.2) is 84.9 Å². The monoisotopic (exact) mass is 1210 g/mol. The molecule has 4 heteroatoms. The van der Waals surface area contributed by atoms with E-state index in [4.69, 9.17) is 9.47 Å². The van der Waals surface area contributed by atoms with Crippen LogP contribution in [-0.4, -0.2) is 24.5 Å². The molecule has 6 aromatic rings. The van der Waals surface area contributed by atoms with Crippen LogP contribution in [0.4, 0.5) is 0 Å². The van der Waals surface area contributed by atoms with Gasteiger partial charge in [-0.2, -0.15) is 0 Å². The maximum atomic E-state index is 6.27. The quantitative estimate of drug-likeness (QED) is 0.0594. The first-order valence-electron chi connectivity index (χ1n) is 31.0. The van der Waals surface area contributed by atoms with E-state index < -0.39 is 7.92 Å². The van der Waals surface area contributed by atoms with E-state index in [1.165, 1.54) is 135 Å². The molecule has 0 N–H and O–H groups in total. The molecule has 0 fully saturated rings. The van der Waals surface area contributed by atoms with Crippen LogP contribution in [0.3, 0.4) is 0 Å². The number of hydrogen-bond acceptors (Lipinski definition) is 2. The van der Waals surface area contributed by atoms with E-state index >= 15 is 0 Å². The minimum Gasteiger partial charge on any atom is -0.496 e. The predicted octanol–water partition coefficient (Wildman–Crippen LogP) is 24.4. The van der Waals surface area contributed by atoms with Gasteiger partial charge in [-0.25, -0.2) is 0 Å². The average Bonchev–Trinajstić information content (AvgIpc) is 3.39. The Kier molecular flexibility index (Phi) is 25.8. The smallest absolute Gasteiger partial charge is 0.132 e. The molecule has 0 saturated heterocycles. The van der Waals surface area contributed by atoms with Crippen molar-refractivity contribution in [1.29, 1.82) is 0 Å². The van der Waals surface area contributed by atoms with Gasteiger partial charge in [0.25, 0.3) is 0 Å². The minimum absolute atomic E-state index is 0.106.